The highest BCUT2D eigenvalue weighted by Crippen LogP contribution is 2.35. The van der Waals surface area contributed by atoms with E-state index in [1.54, 1.807) is 12.1 Å². The van der Waals surface area contributed by atoms with Gasteiger partial charge in [0.15, 0.2) is 0 Å². The molecule has 0 heterocycles. The van der Waals surface area contributed by atoms with Gasteiger partial charge in [0.05, 0.1) is 11.6 Å². The quantitative estimate of drug-likeness (QED) is 0.864. The molecule has 0 radical (unpaired) electrons. The topological polar surface area (TPSA) is 53.0 Å². The Morgan fingerprint density at radius 1 is 1.56 bits per heavy atom. The molecule has 1 saturated carbocycles. The van der Waals surface area contributed by atoms with Crippen LogP contribution in [0.5, 0.6) is 0 Å². The fourth-order valence-electron chi connectivity index (χ4n) is 2.34. The summed E-state index contributed by atoms with van der Waals surface area (Å²) in [4.78, 5) is 2.11. The molecule has 1 aromatic carbocycles. The zero-order valence-electron chi connectivity index (χ0n) is 10.6. The summed E-state index contributed by atoms with van der Waals surface area (Å²) in [6, 6.07) is 6.90. The van der Waals surface area contributed by atoms with Gasteiger partial charge in [0.2, 0.25) is 0 Å². The van der Waals surface area contributed by atoms with Crippen LogP contribution in [0.1, 0.15) is 24.0 Å². The first kappa shape index (κ1) is 13.0. The first-order valence-corrected chi connectivity index (χ1v) is 6.24. The van der Waals surface area contributed by atoms with Crippen LogP contribution in [0.3, 0.4) is 0 Å². The summed E-state index contributed by atoms with van der Waals surface area (Å²) in [5.74, 6) is 0.355. The number of halogens is 1. The largest absolute Gasteiger partial charge is 0.329 e. The summed E-state index contributed by atoms with van der Waals surface area (Å²) in [6.07, 6.45) is 2.45. The van der Waals surface area contributed by atoms with E-state index in [0.29, 0.717) is 36.2 Å². The normalized spacial score (nSPS) is 16.6. The van der Waals surface area contributed by atoms with Gasteiger partial charge in [-0.2, -0.15) is 5.26 Å². The van der Waals surface area contributed by atoms with Crippen LogP contribution in [0.4, 0.5) is 4.39 Å². The van der Waals surface area contributed by atoms with Crippen molar-refractivity contribution in [2.45, 2.75) is 25.4 Å². The molecule has 96 valence electrons. The highest BCUT2D eigenvalue weighted by atomic mass is 19.1. The van der Waals surface area contributed by atoms with Crippen molar-refractivity contribution in [2.24, 2.45) is 11.7 Å². The van der Waals surface area contributed by atoms with E-state index in [9.17, 15) is 4.39 Å². The molecule has 1 unspecified atom stereocenters. The molecule has 1 aliphatic carbocycles. The zero-order valence-corrected chi connectivity index (χ0v) is 10.6. The Balaban J connectivity index is 2.06. The second-order valence-corrected chi connectivity index (χ2v) is 4.97. The van der Waals surface area contributed by atoms with E-state index in [4.69, 9.17) is 11.0 Å². The summed E-state index contributed by atoms with van der Waals surface area (Å²) < 4.78 is 13.8. The molecule has 0 aromatic heterocycles. The van der Waals surface area contributed by atoms with Crippen molar-refractivity contribution in [3.8, 4) is 6.07 Å². The first-order chi connectivity index (χ1) is 8.65. The summed E-state index contributed by atoms with van der Waals surface area (Å²) >= 11 is 0. The van der Waals surface area contributed by atoms with Crippen LogP contribution >= 0.6 is 0 Å². The Hall–Kier alpha value is -1.44. The number of hydrogen-bond acceptors (Lipinski definition) is 3. The maximum absolute atomic E-state index is 13.8. The van der Waals surface area contributed by atoms with Gasteiger partial charge in [-0.25, -0.2) is 4.39 Å². The molecule has 1 aliphatic rings. The second-order valence-electron chi connectivity index (χ2n) is 4.97. The average Bonchev–Trinajstić information content (AvgIpc) is 3.17. The number of nitriles is 1. The first-order valence-electron chi connectivity index (χ1n) is 6.24. The molecule has 2 N–H and O–H groups in total. The summed E-state index contributed by atoms with van der Waals surface area (Å²) in [5, 5.41) is 8.70. The summed E-state index contributed by atoms with van der Waals surface area (Å²) in [7, 11) is 1.98. The van der Waals surface area contributed by atoms with Crippen LogP contribution in [0.2, 0.25) is 0 Å². The van der Waals surface area contributed by atoms with Gasteiger partial charge in [-0.15, -0.1) is 0 Å². The van der Waals surface area contributed by atoms with Gasteiger partial charge in [-0.1, -0.05) is 6.07 Å². The van der Waals surface area contributed by atoms with Gasteiger partial charge in [0.25, 0.3) is 0 Å². The van der Waals surface area contributed by atoms with Crippen molar-refractivity contribution < 1.29 is 4.39 Å². The van der Waals surface area contributed by atoms with Crippen LogP contribution in [0.15, 0.2) is 18.2 Å². The maximum Gasteiger partial charge on any atom is 0.129 e. The predicted octanol–water partition coefficient (Wildman–Crippen LogP) is 1.87. The standard InChI is InChI=1S/C14H18FN3/c1-18(14(8-17)11-4-5-11)9-12-3-2-10(7-16)6-13(12)15/h2-3,6,11,14H,4-5,8-9,17H2,1H3. The molecule has 0 spiro atoms. The molecule has 1 aromatic rings. The van der Waals surface area contributed by atoms with E-state index in [1.165, 1.54) is 18.9 Å². The van der Waals surface area contributed by atoms with Crippen LogP contribution in [0.25, 0.3) is 0 Å². The number of hydrogen-bond donors (Lipinski definition) is 1. The average molecular weight is 247 g/mol. The molecule has 0 amide bonds. The van der Waals surface area contributed by atoms with Crippen LogP contribution < -0.4 is 5.73 Å². The zero-order chi connectivity index (χ0) is 13.1. The van der Waals surface area contributed by atoms with Crippen molar-refractivity contribution in [1.29, 1.82) is 5.26 Å². The van der Waals surface area contributed by atoms with E-state index in [-0.39, 0.29) is 5.82 Å². The third-order valence-electron chi connectivity index (χ3n) is 3.58. The summed E-state index contributed by atoms with van der Waals surface area (Å²) in [6.45, 7) is 1.15. The predicted molar refractivity (Wildman–Crippen MR) is 68.1 cm³/mol. The Labute approximate surface area is 107 Å². The molecule has 2 rings (SSSR count). The Morgan fingerprint density at radius 3 is 2.78 bits per heavy atom. The van der Waals surface area contributed by atoms with Crippen LogP contribution in [-0.2, 0) is 6.54 Å². The molecular formula is C14H18FN3. The van der Waals surface area contributed by atoms with E-state index in [2.05, 4.69) is 4.90 Å². The van der Waals surface area contributed by atoms with E-state index in [0.717, 1.165) is 0 Å². The van der Waals surface area contributed by atoms with Crippen LogP contribution in [-0.4, -0.2) is 24.5 Å². The molecule has 3 nitrogen and oxygen atoms in total. The van der Waals surface area contributed by atoms with Gasteiger partial charge >= 0.3 is 0 Å². The highest BCUT2D eigenvalue weighted by molar-refractivity contribution is 5.32. The maximum atomic E-state index is 13.8. The van der Waals surface area contributed by atoms with Gasteiger partial charge in [0, 0.05) is 24.7 Å². The minimum Gasteiger partial charge on any atom is -0.329 e. The molecule has 0 aliphatic heterocycles. The Kier molecular flexibility index (Phi) is 3.95. The molecular weight excluding hydrogens is 229 g/mol. The third-order valence-corrected chi connectivity index (χ3v) is 3.58. The molecule has 1 fully saturated rings. The molecule has 1 atom stereocenters. The van der Waals surface area contributed by atoms with Crippen molar-refractivity contribution in [2.75, 3.05) is 13.6 Å². The van der Waals surface area contributed by atoms with Gasteiger partial charge in [-0.05, 0) is 37.9 Å². The van der Waals surface area contributed by atoms with Gasteiger partial charge in [0.1, 0.15) is 5.82 Å². The van der Waals surface area contributed by atoms with Crippen molar-refractivity contribution >= 4 is 0 Å². The molecule has 0 saturated heterocycles. The summed E-state index contributed by atoms with van der Waals surface area (Å²) in [5.41, 5.74) is 6.75. The molecule has 0 bridgehead atoms. The lowest BCUT2D eigenvalue weighted by atomic mass is 10.1. The fourth-order valence-corrected chi connectivity index (χ4v) is 2.34. The second kappa shape index (κ2) is 5.47. The Morgan fingerprint density at radius 2 is 2.28 bits per heavy atom. The SMILES string of the molecule is CN(Cc1ccc(C#N)cc1F)C(CN)C1CC1. The lowest BCUT2D eigenvalue weighted by molar-refractivity contribution is 0.213. The van der Waals surface area contributed by atoms with Gasteiger partial charge < -0.3 is 5.73 Å². The highest BCUT2D eigenvalue weighted by Gasteiger charge is 2.32. The number of benzene rings is 1. The minimum absolute atomic E-state index is 0.313. The number of nitrogens with zero attached hydrogens (tertiary/aromatic N) is 2. The van der Waals surface area contributed by atoms with Crippen molar-refractivity contribution in [3.05, 3.63) is 35.1 Å². The fraction of sp³-hybridized carbons (Fsp3) is 0.500. The molecule has 4 heteroatoms. The number of nitrogens with two attached hydrogens (primary N) is 1. The van der Waals surface area contributed by atoms with Crippen molar-refractivity contribution in [3.63, 3.8) is 0 Å². The van der Waals surface area contributed by atoms with E-state index in [1.807, 2.05) is 13.1 Å². The van der Waals surface area contributed by atoms with E-state index < -0.39 is 0 Å². The monoisotopic (exact) mass is 247 g/mol. The third kappa shape index (κ3) is 2.87. The molecule has 18 heavy (non-hydrogen) atoms. The number of rotatable bonds is 5. The Bertz CT molecular complexity index is 463. The van der Waals surface area contributed by atoms with E-state index >= 15 is 0 Å². The smallest absolute Gasteiger partial charge is 0.129 e. The van der Waals surface area contributed by atoms with Crippen LogP contribution in [0, 0.1) is 23.1 Å². The minimum atomic E-state index is -0.313. The number of likely N-dealkylation sites (N-methyl/N-ethyl adjacent to an activating group) is 1. The van der Waals surface area contributed by atoms with Gasteiger partial charge in [-0.3, -0.25) is 4.90 Å². The van der Waals surface area contributed by atoms with Crippen molar-refractivity contribution in [1.82, 2.24) is 4.90 Å². The lowest BCUT2D eigenvalue weighted by Crippen LogP contribution is -2.39. The lowest BCUT2D eigenvalue weighted by Gasteiger charge is -2.27.